The maximum atomic E-state index is 13.9. The Hall–Kier alpha value is -2.19. The van der Waals surface area contributed by atoms with Crippen molar-refractivity contribution in [1.82, 2.24) is 10.2 Å². The molecule has 0 saturated carbocycles. The zero-order valence-corrected chi connectivity index (χ0v) is 12.3. The molecule has 9 heteroatoms. The molecule has 2 heterocycles. The maximum Gasteiger partial charge on any atom is 0.417 e. The van der Waals surface area contributed by atoms with E-state index >= 15 is 0 Å². The van der Waals surface area contributed by atoms with Gasteiger partial charge in [0.05, 0.1) is 16.5 Å². The highest BCUT2D eigenvalue weighted by Crippen LogP contribution is 2.39. The van der Waals surface area contributed by atoms with Crippen molar-refractivity contribution in [2.75, 3.05) is 19.6 Å². The number of rotatable bonds is 1. The Morgan fingerprint density at radius 3 is 2.50 bits per heavy atom. The van der Waals surface area contributed by atoms with Gasteiger partial charge < -0.3 is 10.2 Å². The standard InChI is InChI=1S/C15H13F5N2O2/c16-9-2-1-8(15(18,19)20)10(11(9)17)12(23)22-6-4-14(7-22)3-5-21-13(14)24/h1-2H,3-7H2,(H,21,24). The van der Waals surface area contributed by atoms with Crippen molar-refractivity contribution in [2.45, 2.75) is 19.0 Å². The molecule has 0 bridgehead atoms. The predicted molar refractivity (Wildman–Crippen MR) is 71.9 cm³/mol. The molecule has 2 fully saturated rings. The molecule has 2 saturated heterocycles. The Balaban J connectivity index is 1.97. The SMILES string of the molecule is O=C(c1c(C(F)(F)F)ccc(F)c1F)N1CCC2(CCNC2=O)C1. The van der Waals surface area contributed by atoms with Crippen LogP contribution < -0.4 is 5.32 Å². The van der Waals surface area contributed by atoms with Crippen LogP contribution in [0.25, 0.3) is 0 Å². The molecule has 130 valence electrons. The number of carbonyl (C=O) groups excluding carboxylic acids is 2. The summed E-state index contributed by atoms with van der Waals surface area (Å²) < 4.78 is 66.4. The molecular formula is C15H13F5N2O2. The van der Waals surface area contributed by atoms with Crippen molar-refractivity contribution >= 4 is 11.8 Å². The molecule has 3 rings (SSSR count). The number of halogens is 5. The van der Waals surface area contributed by atoms with Crippen LogP contribution in [0, 0.1) is 17.0 Å². The van der Waals surface area contributed by atoms with Crippen molar-refractivity contribution in [3.05, 3.63) is 34.9 Å². The number of alkyl halides is 3. The van der Waals surface area contributed by atoms with Crippen molar-refractivity contribution in [1.29, 1.82) is 0 Å². The second-order valence-electron chi connectivity index (χ2n) is 6.04. The summed E-state index contributed by atoms with van der Waals surface area (Å²) in [5, 5.41) is 2.62. The van der Waals surface area contributed by atoms with Gasteiger partial charge in [0.25, 0.3) is 5.91 Å². The largest absolute Gasteiger partial charge is 0.417 e. The highest BCUT2D eigenvalue weighted by Gasteiger charge is 2.49. The Kier molecular flexibility index (Phi) is 3.76. The van der Waals surface area contributed by atoms with Gasteiger partial charge in [0, 0.05) is 19.6 Å². The highest BCUT2D eigenvalue weighted by atomic mass is 19.4. The van der Waals surface area contributed by atoms with E-state index in [9.17, 15) is 31.5 Å². The van der Waals surface area contributed by atoms with Gasteiger partial charge in [-0.2, -0.15) is 13.2 Å². The summed E-state index contributed by atoms with van der Waals surface area (Å²) in [6.07, 6.45) is -4.27. The average molecular weight is 348 g/mol. The van der Waals surface area contributed by atoms with E-state index in [-0.39, 0.29) is 25.4 Å². The zero-order chi connectivity index (χ0) is 17.7. The van der Waals surface area contributed by atoms with Crippen LogP contribution in [0.2, 0.25) is 0 Å². The minimum absolute atomic E-state index is 0.0134. The number of hydrogen-bond donors (Lipinski definition) is 1. The van der Waals surface area contributed by atoms with Crippen molar-refractivity contribution in [3.8, 4) is 0 Å². The van der Waals surface area contributed by atoms with E-state index < -0.39 is 40.3 Å². The van der Waals surface area contributed by atoms with E-state index in [0.717, 1.165) is 4.90 Å². The van der Waals surface area contributed by atoms with E-state index in [1.807, 2.05) is 0 Å². The first-order valence-corrected chi connectivity index (χ1v) is 7.28. The molecule has 0 aromatic heterocycles. The number of hydrogen-bond acceptors (Lipinski definition) is 2. The van der Waals surface area contributed by atoms with Crippen molar-refractivity contribution in [3.63, 3.8) is 0 Å². The molecule has 0 aliphatic carbocycles. The van der Waals surface area contributed by atoms with Crippen LogP contribution >= 0.6 is 0 Å². The summed E-state index contributed by atoms with van der Waals surface area (Å²) in [4.78, 5) is 25.3. The lowest BCUT2D eigenvalue weighted by Gasteiger charge is -2.22. The normalized spacial score (nSPS) is 23.9. The third-order valence-corrected chi connectivity index (χ3v) is 4.63. The number of carbonyl (C=O) groups is 2. The van der Waals surface area contributed by atoms with Gasteiger partial charge in [-0.15, -0.1) is 0 Å². The molecular weight excluding hydrogens is 335 g/mol. The van der Waals surface area contributed by atoms with E-state index in [1.165, 1.54) is 0 Å². The Bertz CT molecular complexity index is 719. The quantitative estimate of drug-likeness (QED) is 0.792. The summed E-state index contributed by atoms with van der Waals surface area (Å²) in [5.41, 5.74) is -3.71. The fourth-order valence-electron chi connectivity index (χ4n) is 3.31. The maximum absolute atomic E-state index is 13.9. The molecule has 1 aromatic carbocycles. The van der Waals surface area contributed by atoms with Gasteiger partial charge in [-0.05, 0) is 25.0 Å². The first kappa shape index (κ1) is 16.7. The number of nitrogens with zero attached hydrogens (tertiary/aromatic N) is 1. The number of benzene rings is 1. The van der Waals surface area contributed by atoms with Crippen LogP contribution in [0.3, 0.4) is 0 Å². The number of nitrogens with one attached hydrogen (secondary N) is 1. The van der Waals surface area contributed by atoms with Crippen LogP contribution in [0.4, 0.5) is 22.0 Å². The van der Waals surface area contributed by atoms with Gasteiger partial charge in [0.2, 0.25) is 5.91 Å². The molecule has 1 spiro atoms. The van der Waals surface area contributed by atoms with Gasteiger partial charge in [-0.3, -0.25) is 9.59 Å². The number of amides is 2. The molecule has 2 amide bonds. The molecule has 24 heavy (non-hydrogen) atoms. The minimum atomic E-state index is -5.00. The molecule has 1 unspecified atom stereocenters. The Morgan fingerprint density at radius 2 is 1.92 bits per heavy atom. The monoisotopic (exact) mass is 348 g/mol. The lowest BCUT2D eigenvalue weighted by molar-refractivity contribution is -0.138. The van der Waals surface area contributed by atoms with Gasteiger partial charge in [-0.1, -0.05) is 0 Å². The predicted octanol–water partition coefficient (Wildman–Crippen LogP) is 2.34. The third-order valence-electron chi connectivity index (χ3n) is 4.63. The molecule has 0 radical (unpaired) electrons. The fraction of sp³-hybridized carbons (Fsp3) is 0.467. The highest BCUT2D eigenvalue weighted by molar-refractivity contribution is 5.97. The average Bonchev–Trinajstić information content (AvgIpc) is 3.08. The van der Waals surface area contributed by atoms with Crippen LogP contribution in [-0.4, -0.2) is 36.3 Å². The molecule has 1 aromatic rings. The topological polar surface area (TPSA) is 49.4 Å². The summed E-state index contributed by atoms with van der Waals surface area (Å²) in [5.74, 6) is -4.88. The minimum Gasteiger partial charge on any atom is -0.356 e. The summed E-state index contributed by atoms with van der Waals surface area (Å²) in [6, 6.07) is 0.685. The summed E-state index contributed by atoms with van der Waals surface area (Å²) in [7, 11) is 0. The molecule has 1 atom stereocenters. The van der Waals surface area contributed by atoms with Gasteiger partial charge >= 0.3 is 6.18 Å². The second-order valence-corrected chi connectivity index (χ2v) is 6.04. The number of likely N-dealkylation sites (tertiary alicyclic amines) is 1. The van der Waals surface area contributed by atoms with Crippen molar-refractivity contribution < 1.29 is 31.5 Å². The van der Waals surface area contributed by atoms with Gasteiger partial charge in [0.15, 0.2) is 11.6 Å². The van der Waals surface area contributed by atoms with Crippen LogP contribution in [0.15, 0.2) is 12.1 Å². The molecule has 2 aliphatic heterocycles. The van der Waals surface area contributed by atoms with E-state index in [0.29, 0.717) is 25.1 Å². The Morgan fingerprint density at radius 1 is 1.21 bits per heavy atom. The Labute approximate surface area is 133 Å². The lowest BCUT2D eigenvalue weighted by atomic mass is 9.86. The first-order chi connectivity index (χ1) is 11.2. The van der Waals surface area contributed by atoms with E-state index in [4.69, 9.17) is 0 Å². The van der Waals surface area contributed by atoms with Crippen LogP contribution in [0.5, 0.6) is 0 Å². The zero-order valence-electron chi connectivity index (χ0n) is 12.3. The van der Waals surface area contributed by atoms with Crippen LogP contribution in [-0.2, 0) is 11.0 Å². The first-order valence-electron chi connectivity index (χ1n) is 7.28. The molecule has 2 aliphatic rings. The second kappa shape index (κ2) is 5.42. The molecule has 1 N–H and O–H groups in total. The van der Waals surface area contributed by atoms with E-state index in [2.05, 4.69) is 5.32 Å². The lowest BCUT2D eigenvalue weighted by Crippen LogP contribution is -2.37. The fourth-order valence-corrected chi connectivity index (χ4v) is 3.31. The van der Waals surface area contributed by atoms with Crippen molar-refractivity contribution in [2.24, 2.45) is 5.41 Å². The van der Waals surface area contributed by atoms with Gasteiger partial charge in [-0.25, -0.2) is 8.78 Å². The van der Waals surface area contributed by atoms with E-state index in [1.54, 1.807) is 0 Å². The third kappa shape index (κ3) is 2.51. The summed E-state index contributed by atoms with van der Waals surface area (Å²) >= 11 is 0. The molecule has 4 nitrogen and oxygen atoms in total. The summed E-state index contributed by atoms with van der Waals surface area (Å²) in [6.45, 7) is 0.327. The smallest absolute Gasteiger partial charge is 0.356 e. The van der Waals surface area contributed by atoms with Crippen LogP contribution in [0.1, 0.15) is 28.8 Å². The van der Waals surface area contributed by atoms with Gasteiger partial charge in [0.1, 0.15) is 0 Å².